The second kappa shape index (κ2) is 5.56. The van der Waals surface area contributed by atoms with E-state index in [4.69, 9.17) is 27.9 Å². The van der Waals surface area contributed by atoms with Gasteiger partial charge in [0, 0.05) is 43.4 Å². The van der Waals surface area contributed by atoms with Gasteiger partial charge in [0.15, 0.2) is 0 Å². The number of nitrogens with zero attached hydrogens (tertiary/aromatic N) is 1. The Bertz CT molecular complexity index is 684. The fraction of sp³-hybridized carbons (Fsp3) is 0.429. The van der Waals surface area contributed by atoms with Crippen LogP contribution in [0.4, 0.5) is 5.69 Å². The van der Waals surface area contributed by atoms with E-state index < -0.39 is 0 Å². The molecule has 21 heavy (non-hydrogen) atoms. The molecule has 2 aromatic rings. The minimum atomic E-state index is 0.347. The van der Waals surface area contributed by atoms with Crippen molar-refractivity contribution in [1.29, 1.82) is 0 Å². The molecule has 0 aliphatic carbocycles. The number of aromatic amines is 1. The minimum absolute atomic E-state index is 0.347. The standard InChI is InChI=1S/C14H15Cl2N3OS/c15-10-4-8-6-19(7-9-2-1-3-20-9)21-18-13(8)14-12(10)11(16)5-17-14/h4-5,9,17-18H,1-3,6-7H2. The average molecular weight is 344 g/mol. The average Bonchev–Trinajstić information content (AvgIpc) is 3.09. The number of rotatable bonds is 2. The molecule has 3 heterocycles. The Labute approximate surface area is 137 Å². The van der Waals surface area contributed by atoms with Crippen LogP contribution in [0, 0.1) is 0 Å². The summed E-state index contributed by atoms with van der Waals surface area (Å²) in [6, 6.07) is 2.01. The summed E-state index contributed by atoms with van der Waals surface area (Å²) in [5.74, 6) is 0. The lowest BCUT2D eigenvalue weighted by Crippen LogP contribution is -2.30. The highest BCUT2D eigenvalue weighted by atomic mass is 35.5. The zero-order valence-corrected chi connectivity index (χ0v) is 13.6. The van der Waals surface area contributed by atoms with Gasteiger partial charge in [-0.3, -0.25) is 0 Å². The molecule has 0 amide bonds. The molecular weight excluding hydrogens is 329 g/mol. The Morgan fingerprint density at radius 1 is 1.38 bits per heavy atom. The predicted octanol–water partition coefficient (Wildman–Crippen LogP) is 4.44. The first-order chi connectivity index (χ1) is 10.2. The van der Waals surface area contributed by atoms with Gasteiger partial charge in [0.1, 0.15) is 0 Å². The van der Waals surface area contributed by atoms with Crippen LogP contribution >= 0.6 is 35.3 Å². The first-order valence-corrected chi connectivity index (χ1v) is 8.53. The Morgan fingerprint density at radius 3 is 3.10 bits per heavy atom. The smallest absolute Gasteiger partial charge is 0.0742 e. The van der Waals surface area contributed by atoms with Crippen molar-refractivity contribution in [3.8, 4) is 0 Å². The fourth-order valence-corrected chi connectivity index (χ4v) is 4.50. The van der Waals surface area contributed by atoms with Gasteiger partial charge in [0.2, 0.25) is 0 Å². The van der Waals surface area contributed by atoms with E-state index in [0.29, 0.717) is 16.1 Å². The van der Waals surface area contributed by atoms with E-state index in [2.05, 4.69) is 14.0 Å². The molecule has 1 aromatic carbocycles. The third kappa shape index (κ3) is 2.51. The van der Waals surface area contributed by atoms with Gasteiger partial charge in [-0.15, -0.1) is 0 Å². The molecule has 0 spiro atoms. The molecule has 4 nitrogen and oxygen atoms in total. The maximum absolute atomic E-state index is 6.38. The monoisotopic (exact) mass is 343 g/mol. The second-order valence-corrected chi connectivity index (χ2v) is 7.15. The maximum atomic E-state index is 6.38. The van der Waals surface area contributed by atoms with Crippen LogP contribution in [-0.4, -0.2) is 28.5 Å². The molecule has 1 fully saturated rings. The Morgan fingerprint density at radius 2 is 2.29 bits per heavy atom. The molecule has 1 atom stereocenters. The van der Waals surface area contributed by atoms with Crippen molar-refractivity contribution >= 4 is 51.9 Å². The summed E-state index contributed by atoms with van der Waals surface area (Å²) in [4.78, 5) is 3.21. The van der Waals surface area contributed by atoms with Gasteiger partial charge in [-0.05, 0) is 24.5 Å². The fourth-order valence-electron chi connectivity index (χ4n) is 2.98. The molecule has 1 unspecified atom stereocenters. The van der Waals surface area contributed by atoms with E-state index in [1.807, 2.05) is 6.07 Å². The number of ether oxygens (including phenoxy) is 1. The van der Waals surface area contributed by atoms with E-state index in [0.717, 1.165) is 42.7 Å². The number of hydrogen-bond donors (Lipinski definition) is 2. The lowest BCUT2D eigenvalue weighted by molar-refractivity contribution is 0.0949. The van der Waals surface area contributed by atoms with E-state index in [1.54, 1.807) is 18.3 Å². The first kappa shape index (κ1) is 14.0. The van der Waals surface area contributed by atoms with Gasteiger partial charge >= 0.3 is 0 Å². The number of hydrogen-bond acceptors (Lipinski definition) is 4. The van der Waals surface area contributed by atoms with Crippen molar-refractivity contribution < 1.29 is 4.74 Å². The van der Waals surface area contributed by atoms with Gasteiger partial charge in [-0.2, -0.15) is 0 Å². The predicted molar refractivity (Wildman–Crippen MR) is 88.9 cm³/mol. The van der Waals surface area contributed by atoms with Crippen LogP contribution in [0.3, 0.4) is 0 Å². The number of fused-ring (bicyclic) bond motifs is 3. The highest BCUT2D eigenvalue weighted by Gasteiger charge is 2.25. The summed E-state index contributed by atoms with van der Waals surface area (Å²) >= 11 is 14.2. The SMILES string of the molecule is Clc1c[nH]c2c3c(cc(Cl)c12)CN(CC1CCCO1)SN3. The summed E-state index contributed by atoms with van der Waals surface area (Å²) in [5, 5.41) is 2.24. The van der Waals surface area contributed by atoms with Gasteiger partial charge in [0.05, 0.1) is 27.4 Å². The number of nitrogens with one attached hydrogen (secondary N) is 2. The largest absolute Gasteiger partial charge is 0.377 e. The first-order valence-electron chi connectivity index (χ1n) is 7.00. The van der Waals surface area contributed by atoms with Gasteiger partial charge in [0.25, 0.3) is 0 Å². The van der Waals surface area contributed by atoms with Crippen LogP contribution in [0.2, 0.25) is 10.0 Å². The van der Waals surface area contributed by atoms with Gasteiger partial charge < -0.3 is 14.4 Å². The highest BCUT2D eigenvalue weighted by Crippen LogP contribution is 2.41. The van der Waals surface area contributed by atoms with Crippen LogP contribution in [0.15, 0.2) is 12.3 Å². The molecule has 0 saturated carbocycles. The second-order valence-electron chi connectivity index (χ2n) is 5.43. The number of halogens is 2. The van der Waals surface area contributed by atoms with E-state index in [1.165, 1.54) is 12.0 Å². The number of anilines is 1. The zero-order valence-electron chi connectivity index (χ0n) is 11.3. The van der Waals surface area contributed by atoms with E-state index in [-0.39, 0.29) is 0 Å². The molecule has 4 rings (SSSR count). The normalized spacial score (nSPS) is 22.5. The Balaban J connectivity index is 1.63. The van der Waals surface area contributed by atoms with Crippen LogP contribution in [0.1, 0.15) is 18.4 Å². The topological polar surface area (TPSA) is 40.3 Å². The van der Waals surface area contributed by atoms with Crippen LogP contribution in [-0.2, 0) is 11.3 Å². The van der Waals surface area contributed by atoms with E-state index >= 15 is 0 Å². The summed E-state index contributed by atoms with van der Waals surface area (Å²) < 4.78 is 11.4. The summed E-state index contributed by atoms with van der Waals surface area (Å²) in [7, 11) is 0. The van der Waals surface area contributed by atoms with Crippen molar-refractivity contribution in [2.45, 2.75) is 25.5 Å². The Kier molecular flexibility index (Phi) is 3.71. The lowest BCUT2D eigenvalue weighted by Gasteiger charge is -2.30. The zero-order chi connectivity index (χ0) is 14.4. The lowest BCUT2D eigenvalue weighted by atomic mass is 10.1. The molecule has 2 aliphatic heterocycles. The van der Waals surface area contributed by atoms with Crippen molar-refractivity contribution in [3.63, 3.8) is 0 Å². The van der Waals surface area contributed by atoms with Gasteiger partial charge in [-0.25, -0.2) is 4.31 Å². The van der Waals surface area contributed by atoms with Crippen molar-refractivity contribution in [2.24, 2.45) is 0 Å². The molecule has 1 aromatic heterocycles. The minimum Gasteiger partial charge on any atom is -0.377 e. The summed E-state index contributed by atoms with van der Waals surface area (Å²) in [5.41, 5.74) is 3.24. The molecule has 1 saturated heterocycles. The summed E-state index contributed by atoms with van der Waals surface area (Å²) in [6.45, 7) is 2.66. The molecule has 112 valence electrons. The van der Waals surface area contributed by atoms with Crippen molar-refractivity contribution in [3.05, 3.63) is 27.9 Å². The number of aromatic nitrogens is 1. The molecule has 2 aliphatic rings. The maximum Gasteiger partial charge on any atom is 0.0742 e. The van der Waals surface area contributed by atoms with Crippen LogP contribution < -0.4 is 4.72 Å². The number of H-pyrrole nitrogens is 1. The van der Waals surface area contributed by atoms with Crippen LogP contribution in [0.5, 0.6) is 0 Å². The number of benzene rings is 1. The molecule has 2 N–H and O–H groups in total. The third-order valence-electron chi connectivity index (χ3n) is 4.00. The van der Waals surface area contributed by atoms with E-state index in [9.17, 15) is 0 Å². The third-order valence-corrected chi connectivity index (χ3v) is 5.43. The molecule has 0 bridgehead atoms. The van der Waals surface area contributed by atoms with Gasteiger partial charge in [-0.1, -0.05) is 23.2 Å². The summed E-state index contributed by atoms with van der Waals surface area (Å²) in [6.07, 6.45) is 4.44. The molecule has 7 heteroatoms. The van der Waals surface area contributed by atoms with Crippen LogP contribution in [0.25, 0.3) is 10.9 Å². The quantitative estimate of drug-likeness (QED) is 0.790. The van der Waals surface area contributed by atoms with Crippen molar-refractivity contribution in [2.75, 3.05) is 17.9 Å². The van der Waals surface area contributed by atoms with Crippen molar-refractivity contribution in [1.82, 2.24) is 9.29 Å². The highest BCUT2D eigenvalue weighted by molar-refractivity contribution is 7.98. The Hall–Kier alpha value is -0.590. The molecular formula is C14H15Cl2N3OS. The molecule has 0 radical (unpaired) electrons.